The van der Waals surface area contributed by atoms with Crippen LogP contribution in [0.4, 0.5) is 0 Å². The molecule has 1 fully saturated rings. The molecule has 0 saturated carbocycles. The average molecular weight is 564 g/mol. The molecule has 1 N–H and O–H groups in total. The van der Waals surface area contributed by atoms with Crippen LogP contribution in [-0.4, -0.2) is 52.5 Å². The van der Waals surface area contributed by atoms with E-state index >= 15 is 0 Å². The van der Waals surface area contributed by atoms with Crippen molar-refractivity contribution in [2.45, 2.75) is 33.2 Å². The normalized spacial score (nSPS) is 17.3. The number of aromatic nitrogens is 2. The number of nitrogens with zero attached hydrogens (tertiary/aromatic N) is 4. The maximum Gasteiger partial charge on any atom is 0.310 e. The van der Waals surface area contributed by atoms with E-state index < -0.39 is 0 Å². The number of fused-ring (bicyclic) bond motifs is 1. The van der Waals surface area contributed by atoms with Crippen LogP contribution in [0.3, 0.4) is 0 Å². The molecular formula is C19H27BrIN5O2. The molecule has 0 radical (unpaired) electrons. The van der Waals surface area contributed by atoms with Gasteiger partial charge in [-0.15, -0.1) is 24.0 Å². The largest absolute Gasteiger partial charge is 0.466 e. The minimum Gasteiger partial charge on any atom is -0.466 e. The number of ether oxygens (including phenoxy) is 1. The predicted octanol–water partition coefficient (Wildman–Crippen LogP) is 3.46. The van der Waals surface area contributed by atoms with Gasteiger partial charge in [-0.1, -0.05) is 0 Å². The number of aliphatic imine (C=N–C) groups is 1. The molecule has 1 saturated heterocycles. The van der Waals surface area contributed by atoms with E-state index in [0.29, 0.717) is 19.7 Å². The van der Waals surface area contributed by atoms with Crippen LogP contribution in [0.1, 0.15) is 32.4 Å². The van der Waals surface area contributed by atoms with Crippen LogP contribution in [0.25, 0.3) is 5.65 Å². The Labute approximate surface area is 191 Å². The Morgan fingerprint density at radius 2 is 2.21 bits per heavy atom. The quantitative estimate of drug-likeness (QED) is 0.261. The molecule has 0 amide bonds. The lowest BCUT2D eigenvalue weighted by molar-refractivity contribution is -0.149. The minimum atomic E-state index is -0.107. The van der Waals surface area contributed by atoms with Crippen molar-refractivity contribution in [1.29, 1.82) is 0 Å². The topological polar surface area (TPSA) is 71.2 Å². The molecule has 0 bridgehead atoms. The van der Waals surface area contributed by atoms with Crippen LogP contribution in [0.2, 0.25) is 0 Å². The van der Waals surface area contributed by atoms with Crippen LogP contribution in [0.5, 0.6) is 0 Å². The summed E-state index contributed by atoms with van der Waals surface area (Å²) in [6, 6.07) is 3.94. The minimum absolute atomic E-state index is 0. The second kappa shape index (κ2) is 11.0. The monoisotopic (exact) mass is 563 g/mol. The number of pyridine rings is 1. The molecule has 1 aliphatic heterocycles. The zero-order valence-electron chi connectivity index (χ0n) is 16.2. The fraction of sp³-hybridized carbons (Fsp3) is 0.526. The van der Waals surface area contributed by atoms with Gasteiger partial charge in [-0.05, 0) is 54.8 Å². The first-order chi connectivity index (χ1) is 13.1. The molecule has 1 aliphatic rings. The van der Waals surface area contributed by atoms with Gasteiger partial charge in [-0.2, -0.15) is 0 Å². The highest BCUT2D eigenvalue weighted by atomic mass is 127. The van der Waals surface area contributed by atoms with Crippen molar-refractivity contribution >= 4 is 57.5 Å². The van der Waals surface area contributed by atoms with E-state index in [4.69, 9.17) is 9.73 Å². The van der Waals surface area contributed by atoms with Gasteiger partial charge in [0.05, 0.1) is 24.8 Å². The maximum absolute atomic E-state index is 12.1. The van der Waals surface area contributed by atoms with Gasteiger partial charge in [-0.25, -0.2) is 9.98 Å². The SMILES string of the molecule is CCNC(=NCc1cn2cc(Br)ccc2n1)N1CCC[C@@H](C(=O)OCC)C1.I. The summed E-state index contributed by atoms with van der Waals surface area (Å²) in [5, 5.41) is 3.34. The number of rotatable bonds is 5. The van der Waals surface area contributed by atoms with Crippen LogP contribution in [-0.2, 0) is 16.1 Å². The molecule has 28 heavy (non-hydrogen) atoms. The van der Waals surface area contributed by atoms with Gasteiger partial charge in [0.2, 0.25) is 0 Å². The number of hydrogen-bond acceptors (Lipinski definition) is 4. The van der Waals surface area contributed by atoms with Crippen molar-refractivity contribution in [3.05, 3.63) is 34.7 Å². The smallest absolute Gasteiger partial charge is 0.310 e. The number of imidazole rings is 1. The average Bonchev–Trinajstić information content (AvgIpc) is 3.07. The second-order valence-corrected chi connectivity index (χ2v) is 7.47. The zero-order chi connectivity index (χ0) is 19.2. The summed E-state index contributed by atoms with van der Waals surface area (Å²) >= 11 is 3.47. The molecule has 7 nitrogen and oxygen atoms in total. The molecule has 0 aliphatic carbocycles. The fourth-order valence-electron chi connectivity index (χ4n) is 3.30. The summed E-state index contributed by atoms with van der Waals surface area (Å²) in [5.74, 6) is 0.629. The van der Waals surface area contributed by atoms with Crippen molar-refractivity contribution < 1.29 is 9.53 Å². The van der Waals surface area contributed by atoms with Crippen LogP contribution in [0.15, 0.2) is 34.0 Å². The highest BCUT2D eigenvalue weighted by Crippen LogP contribution is 2.18. The van der Waals surface area contributed by atoms with Crippen LogP contribution >= 0.6 is 39.9 Å². The number of hydrogen-bond donors (Lipinski definition) is 1. The Kier molecular flexibility index (Phi) is 9.00. The first-order valence-corrected chi connectivity index (χ1v) is 10.2. The van der Waals surface area contributed by atoms with Gasteiger partial charge in [0, 0.05) is 36.5 Å². The van der Waals surface area contributed by atoms with E-state index in [1.807, 2.05) is 42.8 Å². The van der Waals surface area contributed by atoms with Crippen LogP contribution in [0, 0.1) is 5.92 Å². The highest BCUT2D eigenvalue weighted by molar-refractivity contribution is 14.0. The lowest BCUT2D eigenvalue weighted by atomic mass is 9.98. The number of nitrogens with one attached hydrogen (secondary N) is 1. The van der Waals surface area contributed by atoms with Gasteiger partial charge in [0.15, 0.2) is 5.96 Å². The Hall–Kier alpha value is -1.36. The number of esters is 1. The summed E-state index contributed by atoms with van der Waals surface area (Å²) in [6.45, 7) is 7.11. The van der Waals surface area contributed by atoms with E-state index in [1.165, 1.54) is 0 Å². The summed E-state index contributed by atoms with van der Waals surface area (Å²) < 4.78 is 8.19. The number of carbonyl (C=O) groups is 1. The van der Waals surface area contributed by atoms with Crippen molar-refractivity contribution in [3.63, 3.8) is 0 Å². The standard InChI is InChI=1S/C19H26BrN5O2.HI/c1-3-21-19(24-9-5-6-14(11-24)18(26)27-4-2)22-10-16-13-25-12-15(20)7-8-17(25)23-16;/h7-8,12-14H,3-6,9-11H2,1-2H3,(H,21,22);1H/t14-;/m1./s1. The summed E-state index contributed by atoms with van der Waals surface area (Å²) in [4.78, 5) is 23.6. The molecule has 2 aromatic heterocycles. The molecular weight excluding hydrogens is 537 g/mol. The van der Waals surface area contributed by atoms with E-state index in [-0.39, 0.29) is 35.9 Å². The first-order valence-electron chi connectivity index (χ1n) is 9.43. The summed E-state index contributed by atoms with van der Waals surface area (Å²) in [5.41, 5.74) is 1.80. The van der Waals surface area contributed by atoms with Gasteiger partial charge in [0.1, 0.15) is 5.65 Å². The molecule has 0 spiro atoms. The van der Waals surface area contributed by atoms with E-state index in [0.717, 1.165) is 47.7 Å². The molecule has 0 unspecified atom stereocenters. The third-order valence-corrected chi connectivity index (χ3v) is 5.00. The molecule has 3 rings (SSSR count). The van der Waals surface area contributed by atoms with Gasteiger partial charge < -0.3 is 19.4 Å². The number of piperidine rings is 1. The Balaban J connectivity index is 0.00000280. The van der Waals surface area contributed by atoms with Gasteiger partial charge >= 0.3 is 5.97 Å². The predicted molar refractivity (Wildman–Crippen MR) is 124 cm³/mol. The van der Waals surface area contributed by atoms with E-state index in [1.54, 1.807) is 0 Å². The maximum atomic E-state index is 12.1. The first kappa shape index (κ1) is 22.9. The number of likely N-dealkylation sites (tertiary alicyclic amines) is 1. The Bertz CT molecular complexity index is 826. The second-order valence-electron chi connectivity index (χ2n) is 6.55. The lowest BCUT2D eigenvalue weighted by Crippen LogP contribution is -2.48. The zero-order valence-corrected chi connectivity index (χ0v) is 20.1. The van der Waals surface area contributed by atoms with E-state index in [9.17, 15) is 4.79 Å². The van der Waals surface area contributed by atoms with E-state index in [2.05, 4.69) is 31.1 Å². The summed E-state index contributed by atoms with van der Waals surface area (Å²) in [7, 11) is 0. The molecule has 1 atom stereocenters. The highest BCUT2D eigenvalue weighted by Gasteiger charge is 2.28. The lowest BCUT2D eigenvalue weighted by Gasteiger charge is -2.33. The third kappa shape index (κ3) is 5.82. The van der Waals surface area contributed by atoms with Gasteiger partial charge in [0.25, 0.3) is 0 Å². The van der Waals surface area contributed by atoms with Crippen molar-refractivity contribution in [2.75, 3.05) is 26.2 Å². The number of halogens is 2. The van der Waals surface area contributed by atoms with Crippen molar-refractivity contribution in [2.24, 2.45) is 10.9 Å². The Morgan fingerprint density at radius 1 is 1.39 bits per heavy atom. The fourth-order valence-corrected chi connectivity index (χ4v) is 3.65. The number of carbonyl (C=O) groups excluding carboxylic acids is 1. The third-order valence-electron chi connectivity index (χ3n) is 4.53. The van der Waals surface area contributed by atoms with Crippen molar-refractivity contribution in [1.82, 2.24) is 19.6 Å². The molecule has 2 aromatic rings. The van der Waals surface area contributed by atoms with Crippen LogP contribution < -0.4 is 5.32 Å². The molecule has 3 heterocycles. The number of guanidine groups is 1. The molecule has 0 aromatic carbocycles. The Morgan fingerprint density at radius 3 is 2.96 bits per heavy atom. The summed E-state index contributed by atoms with van der Waals surface area (Å²) in [6.07, 6.45) is 5.80. The molecule has 9 heteroatoms. The van der Waals surface area contributed by atoms with Gasteiger partial charge in [-0.3, -0.25) is 4.79 Å². The molecule has 154 valence electrons. The van der Waals surface area contributed by atoms with Crippen molar-refractivity contribution in [3.8, 4) is 0 Å².